The third-order valence-corrected chi connectivity index (χ3v) is 3.16. The zero-order valence-corrected chi connectivity index (χ0v) is 7.05. The van der Waals surface area contributed by atoms with E-state index >= 15 is 0 Å². The highest BCUT2D eigenvalue weighted by molar-refractivity contribution is 5.12. The van der Waals surface area contributed by atoms with Crippen molar-refractivity contribution in [2.45, 2.75) is 44.3 Å². The van der Waals surface area contributed by atoms with E-state index in [1.807, 2.05) is 0 Å². The van der Waals surface area contributed by atoms with Gasteiger partial charge in [-0.25, -0.2) is 0 Å². The fourth-order valence-electron chi connectivity index (χ4n) is 2.40. The topological polar surface area (TPSA) is 33.0 Å². The van der Waals surface area contributed by atoms with Crippen LogP contribution in [0.1, 0.15) is 33.1 Å². The molecule has 0 radical (unpaired) electrons. The van der Waals surface area contributed by atoms with E-state index in [0.717, 1.165) is 19.3 Å². The standard InChI is InChI=1S/C9H13NO/c1-8-3-4-9(2,11-8)7(5-8)6-10/h7H,3-5H2,1-2H3/t7-,8-,9-/m0/s1. The van der Waals surface area contributed by atoms with E-state index in [4.69, 9.17) is 10.00 Å². The lowest BCUT2D eigenvalue weighted by Gasteiger charge is -2.22. The van der Waals surface area contributed by atoms with E-state index < -0.39 is 0 Å². The van der Waals surface area contributed by atoms with Gasteiger partial charge in [0.25, 0.3) is 0 Å². The van der Waals surface area contributed by atoms with Crippen LogP contribution < -0.4 is 0 Å². The Hall–Kier alpha value is -0.550. The molecule has 3 atom stereocenters. The molecule has 2 heteroatoms. The van der Waals surface area contributed by atoms with Crippen LogP contribution in [-0.2, 0) is 4.74 Å². The summed E-state index contributed by atoms with van der Waals surface area (Å²) in [7, 11) is 0. The second kappa shape index (κ2) is 1.78. The average Bonchev–Trinajstić information content (AvgIpc) is 2.36. The molecule has 2 fully saturated rings. The Morgan fingerprint density at radius 3 is 2.45 bits per heavy atom. The summed E-state index contributed by atoms with van der Waals surface area (Å²) in [5.74, 6) is 0.126. The van der Waals surface area contributed by atoms with Crippen molar-refractivity contribution in [2.24, 2.45) is 5.92 Å². The van der Waals surface area contributed by atoms with Crippen LogP contribution in [0.5, 0.6) is 0 Å². The molecule has 2 heterocycles. The monoisotopic (exact) mass is 151 g/mol. The second-order valence-electron chi connectivity index (χ2n) is 4.25. The summed E-state index contributed by atoms with van der Waals surface area (Å²) in [5, 5.41) is 8.84. The highest BCUT2D eigenvalue weighted by Gasteiger charge is 2.56. The van der Waals surface area contributed by atoms with E-state index in [1.54, 1.807) is 0 Å². The van der Waals surface area contributed by atoms with Gasteiger partial charge < -0.3 is 4.74 Å². The van der Waals surface area contributed by atoms with Gasteiger partial charge in [-0.05, 0) is 33.1 Å². The van der Waals surface area contributed by atoms with E-state index in [1.165, 1.54) is 0 Å². The number of fused-ring (bicyclic) bond motifs is 2. The van der Waals surface area contributed by atoms with Crippen molar-refractivity contribution >= 4 is 0 Å². The van der Waals surface area contributed by atoms with E-state index in [2.05, 4.69) is 19.9 Å². The molecule has 2 aliphatic heterocycles. The maximum atomic E-state index is 8.84. The Labute approximate surface area is 67.2 Å². The van der Waals surface area contributed by atoms with Crippen LogP contribution in [0.15, 0.2) is 0 Å². The largest absolute Gasteiger partial charge is 0.368 e. The van der Waals surface area contributed by atoms with Crippen LogP contribution in [0, 0.1) is 17.2 Å². The zero-order valence-electron chi connectivity index (χ0n) is 7.05. The molecule has 0 aliphatic carbocycles. The Kier molecular flexibility index (Phi) is 1.15. The van der Waals surface area contributed by atoms with Crippen molar-refractivity contribution in [3.63, 3.8) is 0 Å². The lowest BCUT2D eigenvalue weighted by molar-refractivity contribution is -0.0325. The molecular formula is C9H13NO. The number of hydrogen-bond donors (Lipinski definition) is 0. The first kappa shape index (κ1) is 7.12. The summed E-state index contributed by atoms with van der Waals surface area (Å²) in [6.45, 7) is 4.19. The highest BCUT2D eigenvalue weighted by Crippen LogP contribution is 2.53. The predicted octanol–water partition coefficient (Wildman–Crippen LogP) is 1.86. The number of nitriles is 1. The molecule has 0 spiro atoms. The number of ether oxygens (including phenoxy) is 1. The Balaban J connectivity index is 2.30. The van der Waals surface area contributed by atoms with Crippen molar-refractivity contribution in [1.29, 1.82) is 5.26 Å². The van der Waals surface area contributed by atoms with Gasteiger partial charge in [0.15, 0.2) is 0 Å². The molecule has 0 amide bonds. The van der Waals surface area contributed by atoms with Gasteiger partial charge in [-0.2, -0.15) is 5.26 Å². The lowest BCUT2D eigenvalue weighted by Crippen LogP contribution is -2.28. The summed E-state index contributed by atoms with van der Waals surface area (Å²) >= 11 is 0. The predicted molar refractivity (Wildman–Crippen MR) is 40.8 cm³/mol. The first-order valence-electron chi connectivity index (χ1n) is 4.18. The molecule has 0 saturated carbocycles. The first-order chi connectivity index (χ1) is 5.08. The molecule has 0 aromatic rings. The van der Waals surface area contributed by atoms with Crippen molar-refractivity contribution in [1.82, 2.24) is 0 Å². The molecule has 11 heavy (non-hydrogen) atoms. The Bertz CT molecular complexity index is 232. The molecule has 2 aliphatic rings. The van der Waals surface area contributed by atoms with Gasteiger partial charge in [-0.1, -0.05) is 0 Å². The van der Waals surface area contributed by atoms with Gasteiger partial charge in [0.1, 0.15) is 0 Å². The molecule has 0 N–H and O–H groups in total. The van der Waals surface area contributed by atoms with Crippen LogP contribution in [0.3, 0.4) is 0 Å². The van der Waals surface area contributed by atoms with Gasteiger partial charge in [0.2, 0.25) is 0 Å². The van der Waals surface area contributed by atoms with Gasteiger partial charge in [0, 0.05) is 0 Å². The molecule has 0 aromatic carbocycles. The van der Waals surface area contributed by atoms with E-state index in [-0.39, 0.29) is 17.1 Å². The minimum atomic E-state index is -0.122. The van der Waals surface area contributed by atoms with Crippen molar-refractivity contribution in [3.8, 4) is 6.07 Å². The molecule has 0 unspecified atom stereocenters. The molecule has 2 nitrogen and oxygen atoms in total. The van der Waals surface area contributed by atoms with Gasteiger partial charge in [-0.3, -0.25) is 0 Å². The number of rotatable bonds is 0. The SMILES string of the molecule is C[C@@]12CC[C@](C)(O1)[C@H](C#N)C2. The van der Waals surface area contributed by atoms with Gasteiger partial charge in [-0.15, -0.1) is 0 Å². The molecular weight excluding hydrogens is 138 g/mol. The third-order valence-electron chi connectivity index (χ3n) is 3.16. The molecule has 2 rings (SSSR count). The second-order valence-corrected chi connectivity index (χ2v) is 4.25. The highest BCUT2D eigenvalue weighted by atomic mass is 16.5. The van der Waals surface area contributed by atoms with Crippen LogP contribution >= 0.6 is 0 Å². The number of hydrogen-bond acceptors (Lipinski definition) is 2. The van der Waals surface area contributed by atoms with Crippen molar-refractivity contribution < 1.29 is 4.74 Å². The lowest BCUT2D eigenvalue weighted by atomic mass is 9.76. The van der Waals surface area contributed by atoms with Crippen LogP contribution in [-0.4, -0.2) is 11.2 Å². The summed E-state index contributed by atoms with van der Waals surface area (Å²) in [5.41, 5.74) is -0.0986. The first-order valence-corrected chi connectivity index (χ1v) is 4.18. The fourth-order valence-corrected chi connectivity index (χ4v) is 2.40. The summed E-state index contributed by atoms with van der Waals surface area (Å²) < 4.78 is 5.83. The van der Waals surface area contributed by atoms with E-state index in [0.29, 0.717) is 0 Å². The molecule has 2 bridgehead atoms. The van der Waals surface area contributed by atoms with Crippen molar-refractivity contribution in [3.05, 3.63) is 0 Å². The molecule has 0 aromatic heterocycles. The van der Waals surface area contributed by atoms with Crippen molar-refractivity contribution in [2.75, 3.05) is 0 Å². The maximum absolute atomic E-state index is 8.84. The average molecular weight is 151 g/mol. The number of nitrogens with zero attached hydrogens (tertiary/aromatic N) is 1. The smallest absolute Gasteiger partial charge is 0.0821 e. The minimum Gasteiger partial charge on any atom is -0.368 e. The minimum absolute atomic E-state index is 0.0230. The normalized spacial score (nSPS) is 54.5. The summed E-state index contributed by atoms with van der Waals surface area (Å²) in [4.78, 5) is 0. The molecule has 2 saturated heterocycles. The summed E-state index contributed by atoms with van der Waals surface area (Å²) in [6.07, 6.45) is 3.11. The fraction of sp³-hybridized carbons (Fsp3) is 0.889. The summed E-state index contributed by atoms with van der Waals surface area (Å²) in [6, 6.07) is 2.34. The quantitative estimate of drug-likeness (QED) is 0.529. The maximum Gasteiger partial charge on any atom is 0.0821 e. The Morgan fingerprint density at radius 2 is 2.18 bits per heavy atom. The zero-order chi connectivity index (χ0) is 8.11. The molecule has 60 valence electrons. The third kappa shape index (κ3) is 0.810. The van der Waals surface area contributed by atoms with E-state index in [9.17, 15) is 0 Å². The van der Waals surface area contributed by atoms with Gasteiger partial charge >= 0.3 is 0 Å². The van der Waals surface area contributed by atoms with Gasteiger partial charge in [0.05, 0.1) is 23.2 Å². The van der Waals surface area contributed by atoms with Crippen LogP contribution in [0.4, 0.5) is 0 Å². The van der Waals surface area contributed by atoms with Crippen LogP contribution in [0.2, 0.25) is 0 Å². The van der Waals surface area contributed by atoms with Crippen LogP contribution in [0.25, 0.3) is 0 Å². The Morgan fingerprint density at radius 1 is 1.45 bits per heavy atom.